The van der Waals surface area contributed by atoms with E-state index in [4.69, 9.17) is 9.47 Å². The van der Waals surface area contributed by atoms with Crippen molar-refractivity contribution in [2.24, 2.45) is 0 Å². The summed E-state index contributed by atoms with van der Waals surface area (Å²) in [6.45, 7) is 5.50. The van der Waals surface area contributed by atoms with Gasteiger partial charge in [0.15, 0.2) is 0 Å². The number of unbranched alkanes of at least 4 members (excludes halogenated alkanes) is 1. The molecular weight excluding hydrogens is 190 g/mol. The Hall–Kier alpha value is -1.09. The number of hydrogen-bond donors (Lipinski definition) is 0. The SMILES string of the molecule is COCCCCOc1cc(C)nc(C)c1. The molecule has 0 aliphatic heterocycles. The number of rotatable bonds is 6. The van der Waals surface area contributed by atoms with Crippen LogP contribution in [0.3, 0.4) is 0 Å². The second-order valence-electron chi connectivity index (χ2n) is 3.63. The van der Waals surface area contributed by atoms with Crippen molar-refractivity contribution in [3.63, 3.8) is 0 Å². The molecule has 0 N–H and O–H groups in total. The third-order valence-electron chi connectivity index (χ3n) is 2.07. The summed E-state index contributed by atoms with van der Waals surface area (Å²) in [7, 11) is 1.72. The Labute approximate surface area is 91.4 Å². The van der Waals surface area contributed by atoms with Crippen LogP contribution in [-0.2, 0) is 4.74 Å². The van der Waals surface area contributed by atoms with E-state index < -0.39 is 0 Å². The fraction of sp³-hybridized carbons (Fsp3) is 0.583. The molecular formula is C12H19NO2. The maximum Gasteiger partial charge on any atom is 0.122 e. The Balaban J connectivity index is 2.31. The summed E-state index contributed by atoms with van der Waals surface area (Å²) in [6, 6.07) is 3.92. The lowest BCUT2D eigenvalue weighted by atomic mass is 10.3. The van der Waals surface area contributed by atoms with Gasteiger partial charge in [-0.3, -0.25) is 4.98 Å². The van der Waals surface area contributed by atoms with E-state index in [0.717, 1.165) is 43.2 Å². The van der Waals surface area contributed by atoms with Crippen LogP contribution in [-0.4, -0.2) is 25.3 Å². The van der Waals surface area contributed by atoms with Gasteiger partial charge in [-0.05, 0) is 26.7 Å². The summed E-state index contributed by atoms with van der Waals surface area (Å²) in [5.74, 6) is 0.914. The van der Waals surface area contributed by atoms with E-state index in [1.54, 1.807) is 7.11 Å². The lowest BCUT2D eigenvalue weighted by molar-refractivity contribution is 0.184. The van der Waals surface area contributed by atoms with Gasteiger partial charge in [-0.2, -0.15) is 0 Å². The van der Waals surface area contributed by atoms with Gasteiger partial charge in [-0.25, -0.2) is 0 Å². The highest BCUT2D eigenvalue weighted by Gasteiger charge is 1.97. The molecule has 0 saturated heterocycles. The first-order valence-electron chi connectivity index (χ1n) is 5.29. The van der Waals surface area contributed by atoms with Crippen molar-refractivity contribution in [1.82, 2.24) is 4.98 Å². The minimum Gasteiger partial charge on any atom is -0.493 e. The van der Waals surface area contributed by atoms with Gasteiger partial charge < -0.3 is 9.47 Å². The number of aryl methyl sites for hydroxylation is 2. The number of hydrogen-bond acceptors (Lipinski definition) is 3. The molecule has 0 fully saturated rings. The normalized spacial score (nSPS) is 10.3. The molecule has 3 nitrogen and oxygen atoms in total. The van der Waals surface area contributed by atoms with Gasteiger partial charge in [0.1, 0.15) is 5.75 Å². The minimum atomic E-state index is 0.742. The molecule has 0 atom stereocenters. The highest BCUT2D eigenvalue weighted by atomic mass is 16.5. The van der Waals surface area contributed by atoms with Crippen molar-refractivity contribution in [3.8, 4) is 5.75 Å². The molecule has 0 aliphatic carbocycles. The van der Waals surface area contributed by atoms with E-state index >= 15 is 0 Å². The molecule has 15 heavy (non-hydrogen) atoms. The average Bonchev–Trinajstić information content (AvgIpc) is 2.16. The van der Waals surface area contributed by atoms with Crippen LogP contribution in [0.25, 0.3) is 0 Å². The standard InChI is InChI=1S/C12H19NO2/c1-10-8-12(9-11(2)13-10)15-7-5-4-6-14-3/h8-9H,4-7H2,1-3H3. The van der Waals surface area contributed by atoms with Gasteiger partial charge in [-0.1, -0.05) is 0 Å². The summed E-state index contributed by atoms with van der Waals surface area (Å²) >= 11 is 0. The van der Waals surface area contributed by atoms with E-state index in [2.05, 4.69) is 4.98 Å². The van der Waals surface area contributed by atoms with Gasteiger partial charge in [-0.15, -0.1) is 0 Å². The number of methoxy groups -OCH3 is 1. The van der Waals surface area contributed by atoms with Crippen molar-refractivity contribution in [2.75, 3.05) is 20.3 Å². The third-order valence-corrected chi connectivity index (χ3v) is 2.07. The first-order valence-corrected chi connectivity index (χ1v) is 5.29. The summed E-state index contributed by atoms with van der Waals surface area (Å²) in [6.07, 6.45) is 2.06. The molecule has 1 aromatic rings. The van der Waals surface area contributed by atoms with Crippen LogP contribution in [0.5, 0.6) is 5.75 Å². The Morgan fingerprint density at radius 2 is 1.67 bits per heavy atom. The minimum absolute atomic E-state index is 0.742. The maximum atomic E-state index is 5.62. The lowest BCUT2D eigenvalue weighted by Gasteiger charge is -2.07. The molecule has 0 bridgehead atoms. The summed E-state index contributed by atoms with van der Waals surface area (Å²) in [5.41, 5.74) is 2.00. The molecule has 0 amide bonds. The Bertz CT molecular complexity index is 279. The molecule has 84 valence electrons. The molecule has 0 aromatic carbocycles. The van der Waals surface area contributed by atoms with Crippen LogP contribution in [0.15, 0.2) is 12.1 Å². The molecule has 0 spiro atoms. The molecule has 1 rings (SSSR count). The molecule has 0 saturated carbocycles. The number of pyridine rings is 1. The van der Waals surface area contributed by atoms with E-state index in [0.29, 0.717) is 0 Å². The second-order valence-corrected chi connectivity index (χ2v) is 3.63. The maximum absolute atomic E-state index is 5.62. The van der Waals surface area contributed by atoms with Gasteiger partial charge >= 0.3 is 0 Å². The van der Waals surface area contributed by atoms with Crippen molar-refractivity contribution < 1.29 is 9.47 Å². The summed E-state index contributed by atoms with van der Waals surface area (Å²) in [4.78, 5) is 4.29. The van der Waals surface area contributed by atoms with E-state index in [1.165, 1.54) is 0 Å². The van der Waals surface area contributed by atoms with Crippen LogP contribution in [0.4, 0.5) is 0 Å². The van der Waals surface area contributed by atoms with Crippen LogP contribution >= 0.6 is 0 Å². The van der Waals surface area contributed by atoms with E-state index in [-0.39, 0.29) is 0 Å². The van der Waals surface area contributed by atoms with Crippen molar-refractivity contribution in [1.29, 1.82) is 0 Å². The van der Waals surface area contributed by atoms with Crippen LogP contribution in [0.2, 0.25) is 0 Å². The zero-order valence-corrected chi connectivity index (χ0v) is 9.75. The molecule has 0 unspecified atom stereocenters. The van der Waals surface area contributed by atoms with Gasteiger partial charge in [0.05, 0.1) is 6.61 Å². The Morgan fingerprint density at radius 3 is 2.27 bits per heavy atom. The van der Waals surface area contributed by atoms with Gasteiger partial charge in [0.2, 0.25) is 0 Å². The highest BCUT2D eigenvalue weighted by molar-refractivity contribution is 5.25. The monoisotopic (exact) mass is 209 g/mol. The lowest BCUT2D eigenvalue weighted by Crippen LogP contribution is -2.00. The molecule has 3 heteroatoms. The zero-order valence-electron chi connectivity index (χ0n) is 9.75. The fourth-order valence-electron chi connectivity index (χ4n) is 1.42. The van der Waals surface area contributed by atoms with Crippen molar-refractivity contribution >= 4 is 0 Å². The Morgan fingerprint density at radius 1 is 1.07 bits per heavy atom. The fourth-order valence-corrected chi connectivity index (χ4v) is 1.42. The summed E-state index contributed by atoms with van der Waals surface area (Å²) < 4.78 is 10.6. The zero-order chi connectivity index (χ0) is 11.1. The van der Waals surface area contributed by atoms with E-state index in [9.17, 15) is 0 Å². The topological polar surface area (TPSA) is 31.4 Å². The predicted octanol–water partition coefficient (Wildman–Crippen LogP) is 2.50. The molecule has 0 aliphatic rings. The van der Waals surface area contributed by atoms with E-state index in [1.807, 2.05) is 26.0 Å². The molecule has 1 heterocycles. The predicted molar refractivity (Wildman–Crippen MR) is 60.3 cm³/mol. The third kappa shape index (κ3) is 4.79. The highest BCUT2D eigenvalue weighted by Crippen LogP contribution is 2.13. The number of ether oxygens (including phenoxy) is 2. The van der Waals surface area contributed by atoms with Crippen molar-refractivity contribution in [2.45, 2.75) is 26.7 Å². The van der Waals surface area contributed by atoms with Crippen LogP contribution in [0, 0.1) is 13.8 Å². The van der Waals surface area contributed by atoms with Gasteiger partial charge in [0, 0.05) is 37.2 Å². The second kappa shape index (κ2) is 6.40. The van der Waals surface area contributed by atoms with Gasteiger partial charge in [0.25, 0.3) is 0 Å². The number of nitrogens with zero attached hydrogens (tertiary/aromatic N) is 1. The van der Waals surface area contributed by atoms with Crippen molar-refractivity contribution in [3.05, 3.63) is 23.5 Å². The smallest absolute Gasteiger partial charge is 0.122 e. The largest absolute Gasteiger partial charge is 0.493 e. The molecule has 0 radical (unpaired) electrons. The summed E-state index contributed by atoms with van der Waals surface area (Å²) in [5, 5.41) is 0. The first kappa shape index (κ1) is 12.0. The first-order chi connectivity index (χ1) is 7.22. The van der Waals surface area contributed by atoms with Crippen LogP contribution < -0.4 is 4.74 Å². The molecule has 1 aromatic heterocycles. The average molecular weight is 209 g/mol. The Kier molecular flexibility index (Phi) is 5.12. The quantitative estimate of drug-likeness (QED) is 0.674. The van der Waals surface area contributed by atoms with Crippen LogP contribution in [0.1, 0.15) is 24.2 Å². The number of aromatic nitrogens is 1.